The Morgan fingerprint density at radius 1 is 1.00 bits per heavy atom. The molecule has 0 saturated heterocycles. The molecule has 1 aliphatic rings. The molecule has 0 amide bonds. The van der Waals surface area contributed by atoms with Gasteiger partial charge in [0.2, 0.25) is 0 Å². The summed E-state index contributed by atoms with van der Waals surface area (Å²) in [7, 11) is -1.53. The van der Waals surface area contributed by atoms with Crippen LogP contribution in [-0.2, 0) is 4.43 Å². The molecule has 2 nitrogen and oxygen atoms in total. The highest BCUT2D eigenvalue weighted by Gasteiger charge is 2.41. The lowest BCUT2D eigenvalue weighted by Gasteiger charge is -2.45. The van der Waals surface area contributed by atoms with Crippen molar-refractivity contribution in [2.45, 2.75) is 83.0 Å². The minimum atomic E-state index is -1.53. The SMILES string of the molecule is CC[Si](CC)(CC)OC1(CCO)CCCCC1. The van der Waals surface area contributed by atoms with Crippen molar-refractivity contribution in [3.05, 3.63) is 0 Å². The van der Waals surface area contributed by atoms with Gasteiger partial charge in [-0.15, -0.1) is 0 Å². The Bertz CT molecular complexity index is 194. The summed E-state index contributed by atoms with van der Waals surface area (Å²) in [4.78, 5) is 0. The van der Waals surface area contributed by atoms with Gasteiger partial charge in [0.15, 0.2) is 8.32 Å². The fraction of sp³-hybridized carbons (Fsp3) is 1.00. The molecule has 0 bridgehead atoms. The van der Waals surface area contributed by atoms with Crippen LogP contribution in [-0.4, -0.2) is 25.6 Å². The first-order valence-corrected chi connectivity index (χ1v) is 10.00. The monoisotopic (exact) mass is 258 g/mol. The van der Waals surface area contributed by atoms with Crippen molar-refractivity contribution >= 4 is 8.32 Å². The molecule has 1 aliphatic carbocycles. The zero-order valence-electron chi connectivity index (χ0n) is 11.9. The van der Waals surface area contributed by atoms with Crippen LogP contribution in [0.15, 0.2) is 0 Å². The highest BCUT2D eigenvalue weighted by molar-refractivity contribution is 6.73. The van der Waals surface area contributed by atoms with E-state index in [0.717, 1.165) is 6.42 Å². The van der Waals surface area contributed by atoms with Crippen molar-refractivity contribution in [1.82, 2.24) is 0 Å². The summed E-state index contributed by atoms with van der Waals surface area (Å²) in [5.41, 5.74) is 0.0290. The van der Waals surface area contributed by atoms with Crippen LogP contribution in [0.3, 0.4) is 0 Å². The Morgan fingerprint density at radius 3 is 1.94 bits per heavy atom. The molecule has 0 unspecified atom stereocenters. The average Bonchev–Trinajstić information content (AvgIpc) is 2.38. The topological polar surface area (TPSA) is 29.5 Å². The fourth-order valence-corrected chi connectivity index (χ4v) is 6.39. The summed E-state index contributed by atoms with van der Waals surface area (Å²) in [6, 6.07) is 3.65. The van der Waals surface area contributed by atoms with E-state index in [0.29, 0.717) is 0 Å². The number of aliphatic hydroxyl groups is 1. The maximum atomic E-state index is 9.33. The normalized spacial score (nSPS) is 20.5. The molecular formula is C14H30O2Si. The van der Waals surface area contributed by atoms with Crippen molar-refractivity contribution < 1.29 is 9.53 Å². The maximum Gasteiger partial charge on any atom is 0.192 e. The van der Waals surface area contributed by atoms with Crippen molar-refractivity contribution in [1.29, 1.82) is 0 Å². The molecule has 3 heteroatoms. The van der Waals surface area contributed by atoms with Crippen molar-refractivity contribution in [2.24, 2.45) is 0 Å². The lowest BCUT2D eigenvalue weighted by molar-refractivity contribution is -0.00236. The van der Waals surface area contributed by atoms with Gasteiger partial charge in [-0.1, -0.05) is 40.0 Å². The van der Waals surface area contributed by atoms with Gasteiger partial charge >= 0.3 is 0 Å². The van der Waals surface area contributed by atoms with E-state index in [9.17, 15) is 5.11 Å². The number of hydrogen-bond acceptors (Lipinski definition) is 2. The summed E-state index contributed by atoms with van der Waals surface area (Å²) in [6.07, 6.45) is 7.09. The van der Waals surface area contributed by atoms with Crippen LogP contribution in [0.1, 0.15) is 59.3 Å². The first-order valence-electron chi connectivity index (χ1n) is 7.47. The zero-order valence-corrected chi connectivity index (χ0v) is 12.9. The van der Waals surface area contributed by atoms with E-state index >= 15 is 0 Å². The number of hydrogen-bond donors (Lipinski definition) is 1. The van der Waals surface area contributed by atoms with Crippen LogP contribution in [0.25, 0.3) is 0 Å². The van der Waals surface area contributed by atoms with Crippen molar-refractivity contribution in [3.8, 4) is 0 Å². The van der Waals surface area contributed by atoms with Crippen LogP contribution >= 0.6 is 0 Å². The Balaban J connectivity index is 2.76. The molecule has 0 radical (unpaired) electrons. The molecule has 0 spiro atoms. The molecule has 0 aromatic carbocycles. The summed E-state index contributed by atoms with van der Waals surface area (Å²) in [6.45, 7) is 7.14. The summed E-state index contributed by atoms with van der Waals surface area (Å²) in [5, 5.41) is 9.33. The maximum absolute atomic E-state index is 9.33. The van der Waals surface area contributed by atoms with Gasteiger partial charge in [0.1, 0.15) is 0 Å². The quantitative estimate of drug-likeness (QED) is 0.697. The van der Waals surface area contributed by atoms with E-state index in [1.807, 2.05) is 0 Å². The second-order valence-corrected chi connectivity index (χ2v) is 10.3. The molecular weight excluding hydrogens is 228 g/mol. The van der Waals surface area contributed by atoms with Crippen molar-refractivity contribution in [3.63, 3.8) is 0 Å². The molecule has 0 atom stereocenters. The second-order valence-electron chi connectivity index (χ2n) is 5.56. The molecule has 17 heavy (non-hydrogen) atoms. The predicted octanol–water partition coefficient (Wildman–Crippen LogP) is 4.09. The van der Waals surface area contributed by atoms with Crippen LogP contribution in [0.4, 0.5) is 0 Å². The Morgan fingerprint density at radius 2 is 1.53 bits per heavy atom. The van der Waals surface area contributed by atoms with Gasteiger partial charge in [-0.2, -0.15) is 0 Å². The smallest absolute Gasteiger partial charge is 0.192 e. The Labute approximate surface area is 108 Å². The molecule has 1 rings (SSSR count). The highest BCUT2D eigenvalue weighted by Crippen LogP contribution is 2.39. The lowest BCUT2D eigenvalue weighted by atomic mass is 9.83. The third-order valence-electron chi connectivity index (χ3n) is 4.70. The number of aliphatic hydroxyl groups excluding tert-OH is 1. The Hall–Kier alpha value is 0.137. The molecule has 0 aromatic heterocycles. The second kappa shape index (κ2) is 6.91. The largest absolute Gasteiger partial charge is 0.411 e. The van der Waals surface area contributed by atoms with Gasteiger partial charge in [-0.3, -0.25) is 0 Å². The molecule has 0 heterocycles. The van der Waals surface area contributed by atoms with E-state index in [2.05, 4.69) is 20.8 Å². The Kier molecular flexibility index (Phi) is 6.17. The molecule has 102 valence electrons. The van der Waals surface area contributed by atoms with Gasteiger partial charge in [0.25, 0.3) is 0 Å². The standard InChI is InChI=1S/C14H30O2Si/c1-4-17(5-2,6-3)16-14(12-13-15)10-8-7-9-11-14/h15H,4-13H2,1-3H3. The van der Waals surface area contributed by atoms with Gasteiger partial charge in [0, 0.05) is 6.61 Å². The minimum absolute atomic E-state index is 0.0290. The van der Waals surface area contributed by atoms with E-state index in [1.54, 1.807) is 0 Å². The van der Waals surface area contributed by atoms with Crippen LogP contribution in [0, 0.1) is 0 Å². The van der Waals surface area contributed by atoms with Gasteiger partial charge in [-0.25, -0.2) is 0 Å². The molecule has 0 aromatic rings. The van der Waals surface area contributed by atoms with E-state index in [-0.39, 0.29) is 12.2 Å². The van der Waals surface area contributed by atoms with E-state index in [1.165, 1.54) is 50.2 Å². The molecule has 1 N–H and O–H groups in total. The molecule has 1 fully saturated rings. The minimum Gasteiger partial charge on any atom is -0.411 e. The van der Waals surface area contributed by atoms with Gasteiger partial charge in [-0.05, 0) is 37.4 Å². The number of rotatable bonds is 7. The van der Waals surface area contributed by atoms with Crippen LogP contribution in [0.2, 0.25) is 18.1 Å². The van der Waals surface area contributed by atoms with Gasteiger partial charge < -0.3 is 9.53 Å². The molecule has 0 aliphatic heterocycles. The fourth-order valence-electron chi connectivity index (χ4n) is 3.23. The summed E-state index contributed by atoms with van der Waals surface area (Å²) >= 11 is 0. The average molecular weight is 258 g/mol. The summed E-state index contributed by atoms with van der Waals surface area (Å²) in [5.74, 6) is 0. The zero-order chi connectivity index (χ0) is 12.8. The van der Waals surface area contributed by atoms with Gasteiger partial charge in [0.05, 0.1) is 5.60 Å². The third kappa shape index (κ3) is 3.80. The third-order valence-corrected chi connectivity index (χ3v) is 9.43. The van der Waals surface area contributed by atoms with E-state index < -0.39 is 8.32 Å². The molecule has 1 saturated carbocycles. The highest BCUT2D eigenvalue weighted by atomic mass is 28.4. The lowest BCUT2D eigenvalue weighted by Crippen LogP contribution is -2.48. The summed E-state index contributed by atoms with van der Waals surface area (Å²) < 4.78 is 6.73. The van der Waals surface area contributed by atoms with Crippen LogP contribution in [0.5, 0.6) is 0 Å². The van der Waals surface area contributed by atoms with Crippen LogP contribution < -0.4 is 0 Å². The predicted molar refractivity (Wildman–Crippen MR) is 75.8 cm³/mol. The van der Waals surface area contributed by atoms with E-state index in [4.69, 9.17) is 4.43 Å². The van der Waals surface area contributed by atoms with Crippen molar-refractivity contribution in [2.75, 3.05) is 6.61 Å². The first kappa shape index (κ1) is 15.2. The first-order chi connectivity index (χ1) is 8.16.